The molecule has 1 N–H and O–H groups in total. The first-order valence-electron chi connectivity index (χ1n) is 6.49. The Bertz CT molecular complexity index is 557. The number of aliphatic carboxylic acids is 1. The van der Waals surface area contributed by atoms with Crippen LogP contribution < -0.4 is 0 Å². The summed E-state index contributed by atoms with van der Waals surface area (Å²) in [6.07, 6.45) is 3.30. The third kappa shape index (κ3) is 3.56. The molecule has 1 saturated carbocycles. The van der Waals surface area contributed by atoms with Crippen LogP contribution in [0.2, 0.25) is 0 Å². The Morgan fingerprint density at radius 3 is 2.32 bits per heavy atom. The Hall–Kier alpha value is -1.36. The average molecular weight is 282 g/mol. The molecule has 0 heterocycles. The largest absolute Gasteiger partial charge is 0.481 e. The number of hydrogen-bond donors (Lipinski definition) is 1. The van der Waals surface area contributed by atoms with Crippen LogP contribution in [0.3, 0.4) is 0 Å². The molecule has 0 atom stereocenters. The van der Waals surface area contributed by atoms with E-state index in [1.54, 1.807) is 24.3 Å². The Morgan fingerprint density at radius 2 is 1.74 bits per heavy atom. The van der Waals surface area contributed by atoms with Crippen molar-refractivity contribution in [3.8, 4) is 0 Å². The minimum Gasteiger partial charge on any atom is -0.481 e. The van der Waals surface area contributed by atoms with Gasteiger partial charge in [0.25, 0.3) is 0 Å². The normalized spacial score (nSPS) is 16.6. The molecule has 1 aromatic rings. The Balaban J connectivity index is 2.20. The Morgan fingerprint density at radius 1 is 1.16 bits per heavy atom. The molecular formula is C14H18O4S. The molecule has 0 bridgehead atoms. The van der Waals surface area contributed by atoms with Crippen LogP contribution in [0.5, 0.6) is 0 Å². The summed E-state index contributed by atoms with van der Waals surface area (Å²) < 4.78 is 24.6. The fraction of sp³-hybridized carbons (Fsp3) is 0.500. The van der Waals surface area contributed by atoms with Gasteiger partial charge in [0.1, 0.15) is 0 Å². The fourth-order valence-corrected chi connectivity index (χ4v) is 4.62. The van der Waals surface area contributed by atoms with Gasteiger partial charge in [0.05, 0.1) is 17.4 Å². The zero-order chi connectivity index (χ0) is 13.9. The van der Waals surface area contributed by atoms with E-state index in [2.05, 4.69) is 0 Å². The molecule has 1 aliphatic rings. The van der Waals surface area contributed by atoms with Crippen molar-refractivity contribution >= 4 is 15.8 Å². The summed E-state index contributed by atoms with van der Waals surface area (Å²) in [5, 5.41) is 8.61. The molecule has 1 aliphatic carbocycles. The third-order valence-electron chi connectivity index (χ3n) is 3.63. The van der Waals surface area contributed by atoms with Crippen molar-refractivity contribution in [2.45, 2.75) is 43.1 Å². The molecule has 0 radical (unpaired) electrons. The molecule has 0 amide bonds. The lowest BCUT2D eigenvalue weighted by Crippen LogP contribution is -2.20. The van der Waals surface area contributed by atoms with Crippen LogP contribution in [0.4, 0.5) is 0 Å². The smallest absolute Gasteiger partial charge is 0.307 e. The molecule has 2 rings (SSSR count). The lowest BCUT2D eigenvalue weighted by atomic mass is 10.1. The van der Waals surface area contributed by atoms with Crippen molar-refractivity contribution in [2.75, 3.05) is 0 Å². The van der Waals surface area contributed by atoms with Crippen molar-refractivity contribution < 1.29 is 18.3 Å². The minimum absolute atomic E-state index is 0.0406. The lowest BCUT2D eigenvalue weighted by Gasteiger charge is -2.13. The van der Waals surface area contributed by atoms with E-state index >= 15 is 0 Å². The zero-order valence-electron chi connectivity index (χ0n) is 10.7. The number of sulfone groups is 1. The van der Waals surface area contributed by atoms with Gasteiger partial charge in [-0.15, -0.1) is 0 Å². The van der Waals surface area contributed by atoms with Gasteiger partial charge in [0, 0.05) is 0 Å². The molecule has 0 aromatic heterocycles. The SMILES string of the molecule is O=C(O)Cc1ccccc1CS(=O)(=O)C1CCCC1. The third-order valence-corrected chi connectivity index (χ3v) is 5.83. The van der Waals surface area contributed by atoms with Crippen LogP contribution in [0, 0.1) is 0 Å². The molecule has 1 fully saturated rings. The lowest BCUT2D eigenvalue weighted by molar-refractivity contribution is -0.136. The second kappa shape index (κ2) is 5.74. The number of rotatable bonds is 5. The number of hydrogen-bond acceptors (Lipinski definition) is 3. The molecule has 19 heavy (non-hydrogen) atoms. The highest BCUT2D eigenvalue weighted by molar-refractivity contribution is 7.91. The van der Waals surface area contributed by atoms with Crippen molar-refractivity contribution in [1.82, 2.24) is 0 Å². The van der Waals surface area contributed by atoms with Crippen molar-refractivity contribution in [3.63, 3.8) is 0 Å². The van der Waals surface area contributed by atoms with Crippen LogP contribution in [0.15, 0.2) is 24.3 Å². The summed E-state index contributed by atoms with van der Waals surface area (Å²) in [5.74, 6) is -0.980. The van der Waals surface area contributed by atoms with E-state index in [1.165, 1.54) is 0 Å². The summed E-state index contributed by atoms with van der Waals surface area (Å²) in [5.41, 5.74) is 1.22. The molecule has 104 valence electrons. The van der Waals surface area contributed by atoms with Crippen LogP contribution >= 0.6 is 0 Å². The fourth-order valence-electron chi connectivity index (χ4n) is 2.62. The van der Waals surface area contributed by atoms with Crippen LogP contribution in [-0.2, 0) is 26.8 Å². The van der Waals surface area contributed by atoms with Crippen molar-refractivity contribution in [1.29, 1.82) is 0 Å². The number of benzene rings is 1. The molecule has 0 aliphatic heterocycles. The van der Waals surface area contributed by atoms with E-state index < -0.39 is 15.8 Å². The standard InChI is InChI=1S/C14H18O4S/c15-14(16)9-11-5-1-2-6-12(11)10-19(17,18)13-7-3-4-8-13/h1-2,5-6,13H,3-4,7-10H2,(H,15,16). The van der Waals surface area contributed by atoms with Gasteiger partial charge in [-0.3, -0.25) is 4.79 Å². The summed E-state index contributed by atoms with van der Waals surface area (Å²) >= 11 is 0. The predicted molar refractivity (Wildman–Crippen MR) is 72.7 cm³/mol. The second-order valence-electron chi connectivity index (χ2n) is 5.05. The number of carboxylic acids is 1. The molecule has 5 heteroatoms. The monoisotopic (exact) mass is 282 g/mol. The first kappa shape index (κ1) is 14.1. The maximum Gasteiger partial charge on any atom is 0.307 e. The van der Waals surface area contributed by atoms with Crippen molar-refractivity contribution in [3.05, 3.63) is 35.4 Å². The molecule has 0 unspecified atom stereocenters. The van der Waals surface area contributed by atoms with Crippen LogP contribution in [0.1, 0.15) is 36.8 Å². The number of carboxylic acid groups (broad SMARTS) is 1. The van der Waals surface area contributed by atoms with Crippen LogP contribution in [0.25, 0.3) is 0 Å². The maximum atomic E-state index is 12.3. The molecule has 0 spiro atoms. The van der Waals surface area contributed by atoms with E-state index in [9.17, 15) is 13.2 Å². The van der Waals surface area contributed by atoms with Gasteiger partial charge >= 0.3 is 5.97 Å². The van der Waals surface area contributed by atoms with E-state index in [0.717, 1.165) is 25.7 Å². The van der Waals surface area contributed by atoms with E-state index in [1.807, 2.05) is 0 Å². The van der Waals surface area contributed by atoms with E-state index in [-0.39, 0.29) is 17.4 Å². The highest BCUT2D eigenvalue weighted by atomic mass is 32.2. The minimum atomic E-state index is -3.16. The van der Waals surface area contributed by atoms with Crippen LogP contribution in [-0.4, -0.2) is 24.7 Å². The molecule has 0 saturated heterocycles. The van der Waals surface area contributed by atoms with E-state index in [0.29, 0.717) is 11.1 Å². The first-order valence-corrected chi connectivity index (χ1v) is 8.21. The van der Waals surface area contributed by atoms with Gasteiger partial charge < -0.3 is 5.11 Å². The summed E-state index contributed by atoms with van der Waals surface area (Å²) in [7, 11) is -3.16. The van der Waals surface area contributed by atoms with Gasteiger partial charge in [-0.2, -0.15) is 0 Å². The predicted octanol–water partition coefficient (Wildman–Crippen LogP) is 2.17. The topological polar surface area (TPSA) is 71.4 Å². The van der Waals surface area contributed by atoms with Gasteiger partial charge in [-0.25, -0.2) is 8.42 Å². The summed E-state index contributed by atoms with van der Waals surface area (Å²) in [4.78, 5) is 10.8. The van der Waals surface area contributed by atoms with Gasteiger partial charge in [0.15, 0.2) is 9.84 Å². The van der Waals surface area contributed by atoms with Gasteiger partial charge in [0.2, 0.25) is 0 Å². The Kier molecular flexibility index (Phi) is 4.24. The number of carbonyl (C=O) groups is 1. The highest BCUT2D eigenvalue weighted by Crippen LogP contribution is 2.27. The molecular weight excluding hydrogens is 264 g/mol. The molecule has 1 aromatic carbocycles. The second-order valence-corrected chi connectivity index (χ2v) is 7.33. The summed E-state index contributed by atoms with van der Waals surface area (Å²) in [6.45, 7) is 0. The first-order chi connectivity index (χ1) is 8.99. The Labute approximate surface area is 113 Å². The summed E-state index contributed by atoms with van der Waals surface area (Å²) in [6, 6.07) is 6.90. The zero-order valence-corrected chi connectivity index (χ0v) is 11.5. The van der Waals surface area contributed by atoms with E-state index in [4.69, 9.17) is 5.11 Å². The quantitative estimate of drug-likeness (QED) is 0.898. The van der Waals surface area contributed by atoms with Gasteiger partial charge in [-0.05, 0) is 24.0 Å². The highest BCUT2D eigenvalue weighted by Gasteiger charge is 2.29. The average Bonchev–Trinajstić information content (AvgIpc) is 2.85. The molecule has 4 nitrogen and oxygen atoms in total. The van der Waals surface area contributed by atoms with Gasteiger partial charge in [-0.1, -0.05) is 37.1 Å². The van der Waals surface area contributed by atoms with Crippen molar-refractivity contribution in [2.24, 2.45) is 0 Å². The maximum absolute atomic E-state index is 12.3.